The highest BCUT2D eigenvalue weighted by Crippen LogP contribution is 2.25. The number of hydrogen-bond acceptors (Lipinski definition) is 2. The van der Waals surface area contributed by atoms with Crippen molar-refractivity contribution in [2.75, 3.05) is 6.61 Å². The van der Waals surface area contributed by atoms with Crippen LogP contribution in [-0.4, -0.2) is 12.9 Å². The van der Waals surface area contributed by atoms with Gasteiger partial charge in [0.1, 0.15) is 18.6 Å². The number of rotatable bonds is 4. The van der Waals surface area contributed by atoms with Gasteiger partial charge < -0.3 is 4.74 Å². The molecule has 0 unspecified atom stereocenters. The number of benzene rings is 1. The molecule has 0 aliphatic heterocycles. The lowest BCUT2D eigenvalue weighted by molar-refractivity contribution is 0.112. The van der Waals surface area contributed by atoms with Crippen molar-refractivity contribution >= 4 is 41.1 Å². The summed E-state index contributed by atoms with van der Waals surface area (Å²) in [7, 11) is 0. The fraction of sp³-hybridized carbons (Fsp3) is 0.100. The second-order valence-corrected chi connectivity index (χ2v) is 3.76. The van der Waals surface area contributed by atoms with Crippen LogP contribution in [0.4, 0.5) is 0 Å². The van der Waals surface area contributed by atoms with E-state index in [-0.39, 0.29) is 6.61 Å². The van der Waals surface area contributed by atoms with Crippen LogP contribution in [0.2, 0.25) is 5.02 Å². The molecule has 0 aliphatic carbocycles. The molecule has 0 bridgehead atoms. The molecule has 0 aliphatic rings. The molecule has 0 heterocycles. The summed E-state index contributed by atoms with van der Waals surface area (Å²) in [5.41, 5.74) is 1.71. The summed E-state index contributed by atoms with van der Waals surface area (Å²) in [4.78, 5) is 10.4. The minimum Gasteiger partial charge on any atom is -0.486 e. The van der Waals surface area contributed by atoms with Gasteiger partial charge in [0.2, 0.25) is 0 Å². The van der Waals surface area contributed by atoms with Gasteiger partial charge in [-0.25, -0.2) is 0 Å². The van der Waals surface area contributed by atoms with Crippen molar-refractivity contribution in [3.8, 4) is 5.75 Å². The average molecular weight is 266 g/mol. The quantitative estimate of drug-likeness (QED) is 0.773. The summed E-state index contributed by atoms with van der Waals surface area (Å²) in [6, 6.07) is 4.72. The van der Waals surface area contributed by atoms with E-state index in [2.05, 4.69) is 0 Å². The van der Waals surface area contributed by atoms with E-state index >= 15 is 0 Å². The van der Waals surface area contributed by atoms with Crippen LogP contribution < -0.4 is 4.74 Å². The molecule has 0 spiro atoms. The topological polar surface area (TPSA) is 26.3 Å². The first-order chi connectivity index (χ1) is 7.17. The molecule has 0 amide bonds. The van der Waals surface area contributed by atoms with Crippen molar-refractivity contribution in [3.05, 3.63) is 39.4 Å². The Balaban J connectivity index is 2.74. The number of halogens is 3. The van der Waals surface area contributed by atoms with Gasteiger partial charge in [0.15, 0.2) is 0 Å². The summed E-state index contributed by atoms with van der Waals surface area (Å²) < 4.78 is 5.26. The Kier molecular flexibility index (Phi) is 4.95. The fourth-order valence-corrected chi connectivity index (χ4v) is 1.25. The second kappa shape index (κ2) is 6.01. The number of carbonyl (C=O) groups is 1. The number of carbonyl (C=O) groups excluding carboxylic acids is 1. The number of hydrogen-bond donors (Lipinski definition) is 0. The molecule has 0 fully saturated rings. The third-order valence-electron chi connectivity index (χ3n) is 1.58. The maximum absolute atomic E-state index is 10.4. The Bertz CT molecular complexity index is 388. The van der Waals surface area contributed by atoms with Gasteiger partial charge in [0.25, 0.3) is 0 Å². The molecule has 0 atom stereocenters. The van der Waals surface area contributed by atoms with Crippen LogP contribution in [0.25, 0.3) is 0 Å². The molecule has 0 radical (unpaired) electrons. The van der Waals surface area contributed by atoms with E-state index in [9.17, 15) is 4.79 Å². The first-order valence-electron chi connectivity index (χ1n) is 3.99. The van der Waals surface area contributed by atoms with Crippen molar-refractivity contribution in [2.45, 2.75) is 0 Å². The molecule has 1 aromatic carbocycles. The zero-order valence-corrected chi connectivity index (χ0v) is 9.81. The Hall–Kier alpha value is -0.700. The maximum atomic E-state index is 10.4. The molecule has 0 saturated carbocycles. The molecule has 1 aromatic rings. The highest BCUT2D eigenvalue weighted by Gasteiger charge is 2.03. The van der Waals surface area contributed by atoms with E-state index in [0.717, 1.165) is 0 Å². The van der Waals surface area contributed by atoms with Crippen molar-refractivity contribution in [1.29, 1.82) is 0 Å². The molecule has 80 valence electrons. The molecular formula is C10H7Cl3O2. The van der Waals surface area contributed by atoms with Gasteiger partial charge in [-0.05, 0) is 18.2 Å². The number of aldehydes is 1. The Morgan fingerprint density at radius 1 is 1.47 bits per heavy atom. The molecule has 0 saturated heterocycles. The molecule has 0 N–H and O–H groups in total. The van der Waals surface area contributed by atoms with Gasteiger partial charge in [-0.15, -0.1) is 0 Å². The third-order valence-corrected chi connectivity index (χ3v) is 2.46. The molecular weight excluding hydrogens is 258 g/mol. The minimum atomic E-state index is 0.144. The SMILES string of the molecule is O=Cc1ccc(OCC(Cl)=CCl)c(Cl)c1. The first kappa shape index (κ1) is 12.4. The van der Waals surface area contributed by atoms with Crippen LogP contribution in [0, 0.1) is 0 Å². The summed E-state index contributed by atoms with van der Waals surface area (Å²) in [5.74, 6) is 0.457. The van der Waals surface area contributed by atoms with Gasteiger partial charge >= 0.3 is 0 Å². The van der Waals surface area contributed by atoms with Crippen LogP contribution >= 0.6 is 34.8 Å². The Labute approximate surface area is 102 Å². The van der Waals surface area contributed by atoms with Crippen LogP contribution in [-0.2, 0) is 0 Å². The van der Waals surface area contributed by atoms with E-state index in [1.54, 1.807) is 12.1 Å². The molecule has 1 rings (SSSR count). The predicted molar refractivity (Wildman–Crippen MR) is 62.1 cm³/mol. The van der Waals surface area contributed by atoms with Crippen molar-refractivity contribution in [1.82, 2.24) is 0 Å². The summed E-state index contributed by atoms with van der Waals surface area (Å²) >= 11 is 16.8. The second-order valence-electron chi connectivity index (χ2n) is 2.65. The van der Waals surface area contributed by atoms with Crippen LogP contribution in [0.1, 0.15) is 10.4 Å². The molecule has 2 nitrogen and oxygen atoms in total. The predicted octanol–water partition coefficient (Wildman–Crippen LogP) is 3.85. The number of ether oxygens (including phenoxy) is 1. The molecule has 15 heavy (non-hydrogen) atoms. The highest BCUT2D eigenvalue weighted by molar-refractivity contribution is 6.36. The lowest BCUT2D eigenvalue weighted by Gasteiger charge is -2.06. The van der Waals surface area contributed by atoms with Crippen LogP contribution in [0.5, 0.6) is 5.75 Å². The van der Waals surface area contributed by atoms with Crippen LogP contribution in [0.3, 0.4) is 0 Å². The highest BCUT2D eigenvalue weighted by atomic mass is 35.5. The lowest BCUT2D eigenvalue weighted by Crippen LogP contribution is -1.97. The van der Waals surface area contributed by atoms with Gasteiger partial charge in [-0.2, -0.15) is 0 Å². The molecule has 0 aromatic heterocycles. The Morgan fingerprint density at radius 2 is 2.20 bits per heavy atom. The van der Waals surface area contributed by atoms with Gasteiger partial charge in [0.05, 0.1) is 10.1 Å². The summed E-state index contributed by atoms with van der Waals surface area (Å²) in [6.07, 6.45) is 0.710. The minimum absolute atomic E-state index is 0.144. The van der Waals surface area contributed by atoms with E-state index in [0.29, 0.717) is 27.7 Å². The zero-order chi connectivity index (χ0) is 11.3. The van der Waals surface area contributed by atoms with Gasteiger partial charge in [-0.3, -0.25) is 4.79 Å². The summed E-state index contributed by atoms with van der Waals surface area (Å²) in [5, 5.41) is 0.728. The zero-order valence-electron chi connectivity index (χ0n) is 7.54. The summed E-state index contributed by atoms with van der Waals surface area (Å²) in [6.45, 7) is 0.144. The van der Waals surface area contributed by atoms with E-state index in [1.807, 2.05) is 0 Å². The average Bonchev–Trinajstić information content (AvgIpc) is 2.26. The first-order valence-corrected chi connectivity index (χ1v) is 5.19. The standard InChI is InChI=1S/C10H7Cl3O2/c11-4-8(12)6-15-10-2-1-7(5-14)3-9(10)13/h1-5H,6H2. The van der Waals surface area contributed by atoms with Gasteiger partial charge in [-0.1, -0.05) is 34.8 Å². The normalized spacial score (nSPS) is 11.3. The van der Waals surface area contributed by atoms with Crippen molar-refractivity contribution < 1.29 is 9.53 Å². The van der Waals surface area contributed by atoms with E-state index in [1.165, 1.54) is 11.6 Å². The Morgan fingerprint density at radius 3 is 2.73 bits per heavy atom. The van der Waals surface area contributed by atoms with E-state index in [4.69, 9.17) is 39.5 Å². The maximum Gasteiger partial charge on any atom is 0.150 e. The lowest BCUT2D eigenvalue weighted by atomic mass is 10.2. The van der Waals surface area contributed by atoms with Crippen LogP contribution in [0.15, 0.2) is 28.8 Å². The van der Waals surface area contributed by atoms with Crippen molar-refractivity contribution in [2.24, 2.45) is 0 Å². The van der Waals surface area contributed by atoms with E-state index < -0.39 is 0 Å². The van der Waals surface area contributed by atoms with Gasteiger partial charge in [0, 0.05) is 11.1 Å². The third kappa shape index (κ3) is 3.74. The monoisotopic (exact) mass is 264 g/mol. The smallest absolute Gasteiger partial charge is 0.150 e. The largest absolute Gasteiger partial charge is 0.486 e. The molecule has 5 heteroatoms. The van der Waals surface area contributed by atoms with Crippen molar-refractivity contribution in [3.63, 3.8) is 0 Å². The fourth-order valence-electron chi connectivity index (χ4n) is 0.886.